The van der Waals surface area contributed by atoms with E-state index in [1.807, 2.05) is 0 Å². The van der Waals surface area contributed by atoms with Gasteiger partial charge >= 0.3 is 0 Å². The standard InChI is InChI=1S/C15H25N3/c1-5-6-7-17-15(16)18-10-14-12(3)8-11(2)9-13(14)4/h8-9H,5-7,10H2,1-4H3,(H3,16,17,18). The Morgan fingerprint density at radius 2 is 1.83 bits per heavy atom. The summed E-state index contributed by atoms with van der Waals surface area (Å²) in [6.45, 7) is 10.1. The van der Waals surface area contributed by atoms with Gasteiger partial charge in [0.1, 0.15) is 0 Å². The number of aryl methyl sites for hydroxylation is 3. The zero-order valence-corrected chi connectivity index (χ0v) is 12.0. The molecular formula is C15H25N3. The average Bonchev–Trinajstić information content (AvgIpc) is 2.27. The van der Waals surface area contributed by atoms with Crippen molar-refractivity contribution in [3.8, 4) is 0 Å². The third-order valence-electron chi connectivity index (χ3n) is 3.08. The second-order valence-electron chi connectivity index (χ2n) is 4.86. The van der Waals surface area contributed by atoms with Crippen LogP contribution in [0.15, 0.2) is 17.1 Å². The molecule has 0 atom stereocenters. The molecule has 0 aliphatic carbocycles. The van der Waals surface area contributed by atoms with E-state index >= 15 is 0 Å². The molecule has 0 amide bonds. The van der Waals surface area contributed by atoms with Crippen molar-refractivity contribution in [1.29, 1.82) is 0 Å². The molecule has 0 aliphatic heterocycles. The summed E-state index contributed by atoms with van der Waals surface area (Å²) >= 11 is 0. The Bertz CT molecular complexity index is 399. The van der Waals surface area contributed by atoms with Gasteiger partial charge in [-0.25, -0.2) is 4.99 Å². The van der Waals surface area contributed by atoms with Crippen molar-refractivity contribution in [2.24, 2.45) is 10.7 Å². The number of nitrogens with one attached hydrogen (secondary N) is 1. The average molecular weight is 247 g/mol. The molecule has 1 rings (SSSR count). The molecule has 0 fully saturated rings. The van der Waals surface area contributed by atoms with Crippen LogP contribution in [0.2, 0.25) is 0 Å². The highest BCUT2D eigenvalue weighted by molar-refractivity contribution is 5.77. The first-order chi connectivity index (χ1) is 8.54. The van der Waals surface area contributed by atoms with Crippen molar-refractivity contribution in [1.82, 2.24) is 5.32 Å². The molecule has 0 heterocycles. The summed E-state index contributed by atoms with van der Waals surface area (Å²) in [6.07, 6.45) is 2.29. The molecule has 3 N–H and O–H groups in total. The Labute approximate surface area is 111 Å². The van der Waals surface area contributed by atoms with Gasteiger partial charge in [0.15, 0.2) is 5.96 Å². The molecular weight excluding hydrogens is 222 g/mol. The second kappa shape index (κ2) is 7.04. The van der Waals surface area contributed by atoms with Crippen molar-refractivity contribution < 1.29 is 0 Å². The number of benzene rings is 1. The molecule has 1 aromatic rings. The SMILES string of the molecule is CCCCNC(N)=NCc1c(C)cc(C)cc1C. The van der Waals surface area contributed by atoms with Gasteiger partial charge in [0, 0.05) is 6.54 Å². The Balaban J connectivity index is 2.65. The zero-order chi connectivity index (χ0) is 13.5. The van der Waals surface area contributed by atoms with Crippen LogP contribution in [0.4, 0.5) is 0 Å². The van der Waals surface area contributed by atoms with E-state index in [-0.39, 0.29) is 0 Å². The van der Waals surface area contributed by atoms with E-state index in [0.717, 1.165) is 19.4 Å². The lowest BCUT2D eigenvalue weighted by atomic mass is 10.00. The van der Waals surface area contributed by atoms with Crippen LogP contribution in [-0.4, -0.2) is 12.5 Å². The van der Waals surface area contributed by atoms with Crippen molar-refractivity contribution in [2.75, 3.05) is 6.54 Å². The molecule has 0 saturated heterocycles. The monoisotopic (exact) mass is 247 g/mol. The third-order valence-corrected chi connectivity index (χ3v) is 3.08. The zero-order valence-electron chi connectivity index (χ0n) is 12.0. The lowest BCUT2D eigenvalue weighted by Crippen LogP contribution is -2.32. The van der Waals surface area contributed by atoms with Gasteiger partial charge in [-0.3, -0.25) is 0 Å². The molecule has 0 saturated carbocycles. The van der Waals surface area contributed by atoms with Crippen LogP contribution in [0.3, 0.4) is 0 Å². The normalized spacial score (nSPS) is 11.7. The highest BCUT2D eigenvalue weighted by Crippen LogP contribution is 2.17. The number of rotatable bonds is 5. The number of nitrogens with zero attached hydrogens (tertiary/aromatic N) is 1. The molecule has 0 aromatic heterocycles. The van der Waals surface area contributed by atoms with E-state index < -0.39 is 0 Å². The minimum absolute atomic E-state index is 0.544. The summed E-state index contributed by atoms with van der Waals surface area (Å²) in [5, 5.41) is 3.13. The molecule has 3 heteroatoms. The second-order valence-corrected chi connectivity index (χ2v) is 4.86. The largest absolute Gasteiger partial charge is 0.370 e. The van der Waals surface area contributed by atoms with Crippen molar-refractivity contribution in [3.63, 3.8) is 0 Å². The first kappa shape index (κ1) is 14.6. The maximum atomic E-state index is 5.83. The van der Waals surface area contributed by atoms with E-state index in [4.69, 9.17) is 5.73 Å². The summed E-state index contributed by atoms with van der Waals surface area (Å²) in [6, 6.07) is 4.39. The van der Waals surface area contributed by atoms with Gasteiger partial charge in [-0.1, -0.05) is 31.0 Å². The molecule has 0 unspecified atom stereocenters. The molecule has 100 valence electrons. The van der Waals surface area contributed by atoms with E-state index in [2.05, 4.69) is 50.1 Å². The summed E-state index contributed by atoms with van der Waals surface area (Å²) in [5.41, 5.74) is 11.0. The summed E-state index contributed by atoms with van der Waals surface area (Å²) < 4.78 is 0. The van der Waals surface area contributed by atoms with Crippen LogP contribution >= 0.6 is 0 Å². The van der Waals surface area contributed by atoms with Crippen molar-refractivity contribution in [3.05, 3.63) is 34.4 Å². The molecule has 0 radical (unpaired) electrons. The van der Waals surface area contributed by atoms with E-state index in [0.29, 0.717) is 12.5 Å². The van der Waals surface area contributed by atoms with Gasteiger partial charge in [-0.2, -0.15) is 0 Å². The lowest BCUT2D eigenvalue weighted by molar-refractivity contribution is 0.748. The van der Waals surface area contributed by atoms with Crippen LogP contribution in [0.1, 0.15) is 42.0 Å². The van der Waals surface area contributed by atoms with Crippen molar-refractivity contribution >= 4 is 5.96 Å². The third kappa shape index (κ3) is 4.40. The summed E-state index contributed by atoms with van der Waals surface area (Å²) in [4.78, 5) is 4.40. The smallest absolute Gasteiger partial charge is 0.188 e. The predicted molar refractivity (Wildman–Crippen MR) is 78.9 cm³/mol. The number of guanidine groups is 1. The number of nitrogens with two attached hydrogens (primary N) is 1. The van der Waals surface area contributed by atoms with Crippen LogP contribution in [0.5, 0.6) is 0 Å². The Kier molecular flexibility index (Phi) is 5.69. The molecule has 18 heavy (non-hydrogen) atoms. The van der Waals surface area contributed by atoms with Crippen LogP contribution in [-0.2, 0) is 6.54 Å². The maximum Gasteiger partial charge on any atom is 0.188 e. The topological polar surface area (TPSA) is 50.4 Å². The highest BCUT2D eigenvalue weighted by Gasteiger charge is 2.03. The summed E-state index contributed by atoms with van der Waals surface area (Å²) in [5.74, 6) is 0.544. The lowest BCUT2D eigenvalue weighted by Gasteiger charge is -2.10. The first-order valence-corrected chi connectivity index (χ1v) is 6.65. The molecule has 3 nitrogen and oxygen atoms in total. The fraction of sp³-hybridized carbons (Fsp3) is 0.533. The van der Waals surface area contributed by atoms with Crippen LogP contribution in [0, 0.1) is 20.8 Å². The van der Waals surface area contributed by atoms with Gasteiger partial charge < -0.3 is 11.1 Å². The quantitative estimate of drug-likeness (QED) is 0.477. The van der Waals surface area contributed by atoms with Crippen LogP contribution < -0.4 is 11.1 Å². The number of hydrogen-bond acceptors (Lipinski definition) is 1. The molecule has 0 aliphatic rings. The Hall–Kier alpha value is -1.51. The molecule has 1 aromatic carbocycles. The number of hydrogen-bond donors (Lipinski definition) is 2. The molecule has 0 spiro atoms. The van der Waals surface area contributed by atoms with Gasteiger partial charge in [-0.15, -0.1) is 0 Å². The fourth-order valence-electron chi connectivity index (χ4n) is 2.07. The first-order valence-electron chi connectivity index (χ1n) is 6.65. The Morgan fingerprint density at radius 3 is 2.39 bits per heavy atom. The van der Waals surface area contributed by atoms with E-state index in [1.165, 1.54) is 22.3 Å². The Morgan fingerprint density at radius 1 is 1.22 bits per heavy atom. The maximum absolute atomic E-state index is 5.83. The van der Waals surface area contributed by atoms with E-state index in [9.17, 15) is 0 Å². The molecule has 0 bridgehead atoms. The van der Waals surface area contributed by atoms with Gasteiger partial charge in [0.25, 0.3) is 0 Å². The predicted octanol–water partition coefficient (Wildman–Crippen LogP) is 2.82. The van der Waals surface area contributed by atoms with Gasteiger partial charge in [-0.05, 0) is 43.9 Å². The minimum Gasteiger partial charge on any atom is -0.370 e. The van der Waals surface area contributed by atoms with Gasteiger partial charge in [0.05, 0.1) is 6.54 Å². The summed E-state index contributed by atoms with van der Waals surface area (Å²) in [7, 11) is 0. The number of unbranched alkanes of at least 4 members (excludes halogenated alkanes) is 1. The fourth-order valence-corrected chi connectivity index (χ4v) is 2.07. The van der Waals surface area contributed by atoms with E-state index in [1.54, 1.807) is 0 Å². The van der Waals surface area contributed by atoms with Crippen LogP contribution in [0.25, 0.3) is 0 Å². The van der Waals surface area contributed by atoms with Crippen molar-refractivity contribution in [2.45, 2.75) is 47.1 Å². The number of aliphatic imine (C=N–C) groups is 1. The minimum atomic E-state index is 0.544. The highest BCUT2D eigenvalue weighted by atomic mass is 15.1. The van der Waals surface area contributed by atoms with Gasteiger partial charge in [0.2, 0.25) is 0 Å².